The molecule has 0 saturated carbocycles. The van der Waals surface area contributed by atoms with Crippen LogP contribution in [0.2, 0.25) is 0 Å². The van der Waals surface area contributed by atoms with Gasteiger partial charge in [-0.1, -0.05) is 35.5 Å². The Morgan fingerprint density at radius 2 is 1.97 bits per heavy atom. The van der Waals surface area contributed by atoms with E-state index in [1.807, 2.05) is 60.5 Å². The molecule has 33 heavy (non-hydrogen) atoms. The number of hydrogen-bond donors (Lipinski definition) is 0. The monoisotopic (exact) mass is 445 g/mol. The molecule has 0 bridgehead atoms. The van der Waals surface area contributed by atoms with Gasteiger partial charge in [-0.2, -0.15) is 4.52 Å². The molecule has 0 spiro atoms. The minimum atomic E-state index is 0.0554. The number of nitrogens with zero attached hydrogens (tertiary/aromatic N) is 7. The average molecular weight is 446 g/mol. The first kappa shape index (κ1) is 21.1. The zero-order chi connectivity index (χ0) is 22.6. The van der Waals surface area contributed by atoms with E-state index in [1.54, 1.807) is 10.8 Å². The van der Waals surface area contributed by atoms with Crippen molar-refractivity contribution in [1.29, 1.82) is 0 Å². The molecule has 170 valence electrons. The summed E-state index contributed by atoms with van der Waals surface area (Å²) < 4.78 is 7.16. The number of benzene rings is 1. The molecule has 0 radical (unpaired) electrons. The number of hydrogen-bond acceptors (Lipinski definition) is 7. The van der Waals surface area contributed by atoms with Crippen LogP contribution in [0.4, 0.5) is 5.82 Å². The fraction of sp³-hybridized carbons (Fsp3) is 0.375. The number of aromatic nitrogens is 5. The highest BCUT2D eigenvalue weighted by molar-refractivity contribution is 5.79. The minimum Gasteiger partial charge on any atom is -0.361 e. The topological polar surface area (TPSA) is 92.7 Å². The van der Waals surface area contributed by atoms with Crippen molar-refractivity contribution in [2.24, 2.45) is 5.92 Å². The minimum absolute atomic E-state index is 0.0554. The van der Waals surface area contributed by atoms with Gasteiger partial charge in [-0.25, -0.2) is 0 Å². The van der Waals surface area contributed by atoms with E-state index < -0.39 is 0 Å². The Morgan fingerprint density at radius 1 is 1.15 bits per heavy atom. The fourth-order valence-corrected chi connectivity index (χ4v) is 4.33. The number of aryl methyl sites for hydroxylation is 1. The molecule has 1 aromatic carbocycles. The van der Waals surface area contributed by atoms with Crippen LogP contribution in [0.3, 0.4) is 0 Å². The molecule has 3 aromatic heterocycles. The van der Waals surface area contributed by atoms with Crippen LogP contribution in [-0.2, 0) is 11.2 Å². The molecule has 0 aliphatic carbocycles. The van der Waals surface area contributed by atoms with Gasteiger partial charge in [-0.15, -0.1) is 15.3 Å². The van der Waals surface area contributed by atoms with Crippen LogP contribution in [0.1, 0.15) is 25.0 Å². The molecule has 4 aromatic rings. The number of anilines is 1. The lowest BCUT2D eigenvalue weighted by Crippen LogP contribution is -2.42. The molecule has 1 aliphatic rings. The van der Waals surface area contributed by atoms with Gasteiger partial charge in [-0.3, -0.25) is 4.79 Å². The van der Waals surface area contributed by atoms with E-state index in [0.717, 1.165) is 67.3 Å². The Balaban J connectivity index is 1.08. The van der Waals surface area contributed by atoms with Crippen LogP contribution in [0.15, 0.2) is 59.4 Å². The summed E-state index contributed by atoms with van der Waals surface area (Å²) in [6.07, 6.45) is 4.85. The lowest BCUT2D eigenvalue weighted by Gasteiger charge is -2.33. The molecule has 9 nitrogen and oxygen atoms in total. The van der Waals surface area contributed by atoms with Gasteiger partial charge in [0.1, 0.15) is 23.6 Å². The Bertz CT molecular complexity index is 1210. The van der Waals surface area contributed by atoms with Gasteiger partial charge in [0.25, 0.3) is 0 Å². The highest BCUT2D eigenvalue weighted by Crippen LogP contribution is 2.24. The lowest BCUT2D eigenvalue weighted by molar-refractivity contribution is -0.134. The molecule has 1 aliphatic heterocycles. The van der Waals surface area contributed by atoms with Gasteiger partial charge in [0.2, 0.25) is 5.91 Å². The summed E-state index contributed by atoms with van der Waals surface area (Å²) in [5, 5.41) is 16.6. The number of carbonyl (C=O) groups excluding carboxylic acids is 1. The third kappa shape index (κ3) is 4.72. The lowest BCUT2D eigenvalue weighted by atomic mass is 9.95. The SMILES string of the molecule is CN(CCCc1cc(-c2ccccc2)no1)C(=O)C1CCN(c2ccc3nncn3n2)CC1. The van der Waals surface area contributed by atoms with Crippen molar-refractivity contribution in [2.75, 3.05) is 31.6 Å². The molecule has 4 heterocycles. The summed E-state index contributed by atoms with van der Waals surface area (Å²) in [4.78, 5) is 17.0. The molecule has 1 saturated heterocycles. The van der Waals surface area contributed by atoms with Gasteiger partial charge in [0.05, 0.1) is 0 Å². The Kier molecular flexibility index (Phi) is 6.01. The second-order valence-corrected chi connectivity index (χ2v) is 8.49. The maximum Gasteiger partial charge on any atom is 0.225 e. The van der Waals surface area contributed by atoms with Crippen molar-refractivity contribution in [3.63, 3.8) is 0 Å². The van der Waals surface area contributed by atoms with Gasteiger partial charge in [-0.05, 0) is 31.4 Å². The first-order valence-electron chi connectivity index (χ1n) is 11.4. The highest BCUT2D eigenvalue weighted by atomic mass is 16.5. The van der Waals surface area contributed by atoms with Crippen LogP contribution in [0, 0.1) is 5.92 Å². The van der Waals surface area contributed by atoms with Crippen molar-refractivity contribution >= 4 is 17.4 Å². The van der Waals surface area contributed by atoms with Gasteiger partial charge in [0.15, 0.2) is 5.65 Å². The zero-order valence-corrected chi connectivity index (χ0v) is 18.7. The third-order valence-electron chi connectivity index (χ3n) is 6.24. The highest BCUT2D eigenvalue weighted by Gasteiger charge is 2.27. The summed E-state index contributed by atoms with van der Waals surface area (Å²) in [6, 6.07) is 15.9. The Hall–Kier alpha value is -3.75. The van der Waals surface area contributed by atoms with Crippen molar-refractivity contribution in [3.05, 3.63) is 60.6 Å². The molecular formula is C24H27N7O2. The first-order chi connectivity index (χ1) is 16.2. The predicted octanol–water partition coefficient (Wildman–Crippen LogP) is 3.09. The first-order valence-corrected chi connectivity index (χ1v) is 11.4. The summed E-state index contributed by atoms with van der Waals surface area (Å²) in [6.45, 7) is 2.32. The van der Waals surface area contributed by atoms with Crippen LogP contribution >= 0.6 is 0 Å². The quantitative estimate of drug-likeness (QED) is 0.432. The molecule has 0 atom stereocenters. The summed E-state index contributed by atoms with van der Waals surface area (Å²) in [5.41, 5.74) is 2.62. The predicted molar refractivity (Wildman–Crippen MR) is 124 cm³/mol. The fourth-order valence-electron chi connectivity index (χ4n) is 4.33. The average Bonchev–Trinajstić information content (AvgIpc) is 3.53. The van der Waals surface area contributed by atoms with E-state index in [9.17, 15) is 4.79 Å². The second kappa shape index (κ2) is 9.40. The molecule has 5 rings (SSSR count). The third-order valence-corrected chi connectivity index (χ3v) is 6.24. The normalized spacial score (nSPS) is 14.6. The molecule has 0 unspecified atom stereocenters. The number of carbonyl (C=O) groups is 1. The van der Waals surface area contributed by atoms with E-state index in [-0.39, 0.29) is 11.8 Å². The van der Waals surface area contributed by atoms with Crippen molar-refractivity contribution in [1.82, 2.24) is 29.9 Å². The summed E-state index contributed by atoms with van der Waals surface area (Å²) in [5.74, 6) is 2.02. The molecule has 9 heteroatoms. The number of fused-ring (bicyclic) bond motifs is 1. The van der Waals surface area contributed by atoms with Gasteiger partial charge in [0, 0.05) is 50.7 Å². The van der Waals surface area contributed by atoms with Crippen LogP contribution in [0.5, 0.6) is 0 Å². The maximum absolute atomic E-state index is 12.9. The molecular weight excluding hydrogens is 418 g/mol. The van der Waals surface area contributed by atoms with Crippen LogP contribution in [-0.4, -0.2) is 62.5 Å². The summed E-state index contributed by atoms with van der Waals surface area (Å²) >= 11 is 0. The Labute approximate surface area is 192 Å². The number of rotatable bonds is 7. The van der Waals surface area contributed by atoms with E-state index in [1.165, 1.54) is 0 Å². The largest absolute Gasteiger partial charge is 0.361 e. The Morgan fingerprint density at radius 3 is 2.79 bits per heavy atom. The summed E-state index contributed by atoms with van der Waals surface area (Å²) in [7, 11) is 1.89. The van der Waals surface area contributed by atoms with Crippen molar-refractivity contribution < 1.29 is 9.32 Å². The van der Waals surface area contributed by atoms with E-state index in [4.69, 9.17) is 4.52 Å². The maximum atomic E-state index is 12.9. The van der Waals surface area contributed by atoms with Crippen molar-refractivity contribution in [3.8, 4) is 11.3 Å². The molecule has 1 amide bonds. The van der Waals surface area contributed by atoms with Gasteiger partial charge >= 0.3 is 0 Å². The van der Waals surface area contributed by atoms with Crippen LogP contribution in [0.25, 0.3) is 16.9 Å². The van der Waals surface area contributed by atoms with E-state index in [0.29, 0.717) is 6.54 Å². The molecule has 0 N–H and O–H groups in total. The van der Waals surface area contributed by atoms with Crippen molar-refractivity contribution in [2.45, 2.75) is 25.7 Å². The molecule has 1 fully saturated rings. The van der Waals surface area contributed by atoms with Gasteiger partial charge < -0.3 is 14.3 Å². The van der Waals surface area contributed by atoms with E-state index in [2.05, 4.69) is 25.4 Å². The second-order valence-electron chi connectivity index (χ2n) is 8.49. The van der Waals surface area contributed by atoms with E-state index >= 15 is 0 Å². The number of amides is 1. The van der Waals surface area contributed by atoms with Crippen LogP contribution < -0.4 is 4.90 Å². The standard InChI is InChI=1S/C24H27N7O2/c1-29(13-5-8-20-16-21(28-33-20)18-6-3-2-4-7-18)24(32)19-11-14-30(15-12-19)23-10-9-22-26-25-17-31(22)27-23/h2-4,6-7,9-10,16-17,19H,5,8,11-15H2,1H3. The number of piperidine rings is 1. The smallest absolute Gasteiger partial charge is 0.225 e. The zero-order valence-electron chi connectivity index (χ0n) is 18.7.